The summed E-state index contributed by atoms with van der Waals surface area (Å²) < 4.78 is 0. The minimum absolute atomic E-state index is 0.0792. The Morgan fingerprint density at radius 1 is 1.16 bits per heavy atom. The van der Waals surface area contributed by atoms with E-state index in [9.17, 15) is 4.79 Å². The summed E-state index contributed by atoms with van der Waals surface area (Å²) in [6, 6.07) is 13.8. The van der Waals surface area contributed by atoms with Crippen molar-refractivity contribution in [1.82, 2.24) is 0 Å². The van der Waals surface area contributed by atoms with Crippen LogP contribution in [0.15, 0.2) is 42.5 Å². The average Bonchev–Trinajstić information content (AvgIpc) is 2.69. The minimum atomic E-state index is -0.101. The molecule has 0 saturated heterocycles. The number of anilines is 1. The van der Waals surface area contributed by atoms with Crippen molar-refractivity contribution in [2.45, 2.75) is 19.3 Å². The second kappa shape index (κ2) is 4.71. The van der Waals surface area contributed by atoms with Gasteiger partial charge in [0.1, 0.15) is 0 Å². The van der Waals surface area contributed by atoms with Gasteiger partial charge in [-0.05, 0) is 42.7 Å². The van der Waals surface area contributed by atoms with Crippen molar-refractivity contribution in [3.05, 3.63) is 64.2 Å². The Bertz CT molecular complexity index is 634. The van der Waals surface area contributed by atoms with Gasteiger partial charge < -0.3 is 5.32 Å². The molecule has 0 bridgehead atoms. The van der Waals surface area contributed by atoms with Crippen molar-refractivity contribution in [3.8, 4) is 0 Å². The predicted molar refractivity (Wildman–Crippen MR) is 77.7 cm³/mol. The van der Waals surface area contributed by atoms with Crippen molar-refractivity contribution in [2.75, 3.05) is 5.32 Å². The van der Waals surface area contributed by atoms with Crippen LogP contribution in [0.4, 0.5) is 5.69 Å². The normalized spacial score (nSPS) is 17.2. The molecule has 3 rings (SSSR count). The Hall–Kier alpha value is -1.80. The third-order valence-electron chi connectivity index (χ3n) is 3.51. The molecule has 0 aliphatic carbocycles. The van der Waals surface area contributed by atoms with E-state index in [2.05, 4.69) is 11.4 Å². The summed E-state index contributed by atoms with van der Waals surface area (Å²) in [5.41, 5.74) is 4.34. The highest BCUT2D eigenvalue weighted by Gasteiger charge is 2.30. The number of nitrogens with one attached hydrogen (secondary N) is 1. The van der Waals surface area contributed by atoms with Crippen LogP contribution in [0.3, 0.4) is 0 Å². The van der Waals surface area contributed by atoms with Crippen molar-refractivity contribution in [3.63, 3.8) is 0 Å². The lowest BCUT2D eigenvalue weighted by Crippen LogP contribution is -2.14. The largest absolute Gasteiger partial charge is 0.325 e. The lowest BCUT2D eigenvalue weighted by Gasteiger charge is -2.09. The molecule has 3 heteroatoms. The number of aryl methyl sites for hydroxylation is 1. The molecule has 0 unspecified atom stereocenters. The smallest absolute Gasteiger partial charge is 0.232 e. The maximum Gasteiger partial charge on any atom is 0.232 e. The summed E-state index contributed by atoms with van der Waals surface area (Å²) in [6.45, 7) is 2.04. The number of amides is 1. The number of hydrogen-bond donors (Lipinski definition) is 1. The summed E-state index contributed by atoms with van der Waals surface area (Å²) >= 11 is 5.88. The van der Waals surface area contributed by atoms with Crippen LogP contribution in [0.2, 0.25) is 5.02 Å². The van der Waals surface area contributed by atoms with Gasteiger partial charge >= 0.3 is 0 Å². The molecule has 19 heavy (non-hydrogen) atoms. The second-order valence-electron chi connectivity index (χ2n) is 4.96. The fourth-order valence-corrected chi connectivity index (χ4v) is 2.63. The van der Waals surface area contributed by atoms with E-state index in [-0.39, 0.29) is 11.8 Å². The Balaban J connectivity index is 1.91. The topological polar surface area (TPSA) is 29.1 Å². The molecule has 0 spiro atoms. The van der Waals surface area contributed by atoms with Crippen LogP contribution in [-0.2, 0) is 11.2 Å². The highest BCUT2D eigenvalue weighted by molar-refractivity contribution is 6.30. The zero-order valence-corrected chi connectivity index (χ0v) is 11.4. The van der Waals surface area contributed by atoms with Gasteiger partial charge in [-0.2, -0.15) is 0 Å². The van der Waals surface area contributed by atoms with Crippen LogP contribution in [0.1, 0.15) is 22.6 Å². The Morgan fingerprint density at radius 2 is 1.89 bits per heavy atom. The first-order valence-electron chi connectivity index (χ1n) is 6.29. The number of benzene rings is 2. The first-order chi connectivity index (χ1) is 9.13. The highest BCUT2D eigenvalue weighted by Crippen LogP contribution is 2.35. The van der Waals surface area contributed by atoms with Gasteiger partial charge in [0.25, 0.3) is 0 Å². The lowest BCUT2D eigenvalue weighted by atomic mass is 9.92. The standard InChI is InChI=1S/C16H14ClNO/c1-10-2-7-15-13(8-10)14(16(19)18-15)9-11-3-5-12(17)6-4-11/h2-8,14H,9H2,1H3,(H,18,19)/t14-/m0/s1. The van der Waals surface area contributed by atoms with E-state index in [1.807, 2.05) is 43.3 Å². The first-order valence-corrected chi connectivity index (χ1v) is 6.67. The monoisotopic (exact) mass is 271 g/mol. The zero-order valence-electron chi connectivity index (χ0n) is 10.6. The van der Waals surface area contributed by atoms with Crippen LogP contribution < -0.4 is 5.32 Å². The summed E-state index contributed by atoms with van der Waals surface area (Å²) in [5, 5.41) is 3.66. The van der Waals surface area contributed by atoms with E-state index < -0.39 is 0 Å². The number of fused-ring (bicyclic) bond motifs is 1. The van der Waals surface area contributed by atoms with Crippen LogP contribution in [-0.4, -0.2) is 5.91 Å². The zero-order chi connectivity index (χ0) is 13.4. The van der Waals surface area contributed by atoms with Crippen molar-refractivity contribution >= 4 is 23.2 Å². The van der Waals surface area contributed by atoms with E-state index in [1.54, 1.807) is 0 Å². The molecule has 1 aliphatic heterocycles. The molecule has 0 fully saturated rings. The number of carbonyl (C=O) groups is 1. The molecule has 1 aliphatic rings. The molecule has 1 N–H and O–H groups in total. The van der Waals surface area contributed by atoms with Gasteiger partial charge in [0.15, 0.2) is 0 Å². The maximum absolute atomic E-state index is 12.1. The number of hydrogen-bond acceptors (Lipinski definition) is 1. The molecule has 0 saturated carbocycles. The molecule has 1 atom stereocenters. The van der Waals surface area contributed by atoms with Crippen LogP contribution in [0, 0.1) is 6.92 Å². The van der Waals surface area contributed by atoms with Gasteiger partial charge in [-0.25, -0.2) is 0 Å². The van der Waals surface area contributed by atoms with Crippen LogP contribution >= 0.6 is 11.6 Å². The third kappa shape index (κ3) is 2.36. The second-order valence-corrected chi connectivity index (χ2v) is 5.40. The van der Waals surface area contributed by atoms with Crippen molar-refractivity contribution in [2.24, 2.45) is 0 Å². The summed E-state index contributed by atoms with van der Waals surface area (Å²) in [6.07, 6.45) is 0.708. The predicted octanol–water partition coefficient (Wildman–Crippen LogP) is 3.93. The average molecular weight is 272 g/mol. The SMILES string of the molecule is Cc1ccc2c(c1)[C@H](Cc1ccc(Cl)cc1)C(=O)N2. The molecule has 2 nitrogen and oxygen atoms in total. The van der Waals surface area contributed by atoms with E-state index in [1.165, 1.54) is 5.56 Å². The molecule has 2 aromatic carbocycles. The first kappa shape index (κ1) is 12.2. The van der Waals surface area contributed by atoms with E-state index in [4.69, 9.17) is 11.6 Å². The van der Waals surface area contributed by atoms with Gasteiger partial charge in [-0.3, -0.25) is 4.79 Å². The van der Waals surface area contributed by atoms with E-state index >= 15 is 0 Å². The van der Waals surface area contributed by atoms with E-state index in [0.29, 0.717) is 6.42 Å². The maximum atomic E-state index is 12.1. The number of rotatable bonds is 2. The molecule has 1 amide bonds. The number of halogens is 1. The van der Waals surface area contributed by atoms with Gasteiger partial charge in [-0.1, -0.05) is 41.4 Å². The number of carbonyl (C=O) groups excluding carboxylic acids is 1. The van der Waals surface area contributed by atoms with Crippen molar-refractivity contribution < 1.29 is 4.79 Å². The molecule has 0 aromatic heterocycles. The molecule has 0 radical (unpaired) electrons. The summed E-state index contributed by atoms with van der Waals surface area (Å²) in [5.74, 6) is -0.0216. The molecular weight excluding hydrogens is 258 g/mol. The molecule has 1 heterocycles. The Morgan fingerprint density at radius 3 is 2.63 bits per heavy atom. The minimum Gasteiger partial charge on any atom is -0.325 e. The lowest BCUT2D eigenvalue weighted by molar-refractivity contribution is -0.117. The molecule has 96 valence electrons. The van der Waals surface area contributed by atoms with Gasteiger partial charge in [0.05, 0.1) is 5.92 Å². The fourth-order valence-electron chi connectivity index (χ4n) is 2.50. The van der Waals surface area contributed by atoms with Gasteiger partial charge in [0, 0.05) is 10.7 Å². The van der Waals surface area contributed by atoms with Gasteiger partial charge in [0.2, 0.25) is 5.91 Å². The summed E-state index contributed by atoms with van der Waals surface area (Å²) in [7, 11) is 0. The van der Waals surface area contributed by atoms with Crippen molar-refractivity contribution in [1.29, 1.82) is 0 Å². The molecular formula is C16H14ClNO. The third-order valence-corrected chi connectivity index (χ3v) is 3.76. The summed E-state index contributed by atoms with van der Waals surface area (Å²) in [4.78, 5) is 12.1. The van der Waals surface area contributed by atoms with Crippen LogP contribution in [0.25, 0.3) is 0 Å². The molecule has 2 aromatic rings. The van der Waals surface area contributed by atoms with E-state index in [0.717, 1.165) is 21.8 Å². The highest BCUT2D eigenvalue weighted by atomic mass is 35.5. The van der Waals surface area contributed by atoms with Crippen LogP contribution in [0.5, 0.6) is 0 Å². The Kier molecular flexibility index (Phi) is 3.03. The quantitative estimate of drug-likeness (QED) is 0.881. The fraction of sp³-hybridized carbons (Fsp3) is 0.188. The van der Waals surface area contributed by atoms with Gasteiger partial charge in [-0.15, -0.1) is 0 Å². The Labute approximate surface area is 117 Å².